The predicted molar refractivity (Wildman–Crippen MR) is 84.7 cm³/mol. The van der Waals surface area contributed by atoms with Gasteiger partial charge in [0.2, 0.25) is 9.84 Å². The van der Waals surface area contributed by atoms with Crippen molar-refractivity contribution in [2.75, 3.05) is 13.6 Å². The Morgan fingerprint density at radius 2 is 2.13 bits per heavy atom. The van der Waals surface area contributed by atoms with E-state index in [-0.39, 0.29) is 22.4 Å². The molecule has 8 heteroatoms. The molecule has 0 unspecified atom stereocenters. The lowest BCUT2D eigenvalue weighted by Gasteiger charge is -2.20. The Bertz CT molecular complexity index is 697. The van der Waals surface area contributed by atoms with Gasteiger partial charge in [-0.15, -0.1) is 5.10 Å². The van der Waals surface area contributed by atoms with Gasteiger partial charge < -0.3 is 4.90 Å². The molecule has 3 rings (SSSR count). The Labute approximate surface area is 137 Å². The maximum atomic E-state index is 12.7. The normalized spacial score (nSPS) is 26.9. The number of carbonyl (C=O) groups is 1. The summed E-state index contributed by atoms with van der Waals surface area (Å²) in [6.07, 6.45) is 5.03. The van der Waals surface area contributed by atoms with Crippen molar-refractivity contribution in [1.82, 2.24) is 19.7 Å². The molecule has 0 N–H and O–H groups in total. The summed E-state index contributed by atoms with van der Waals surface area (Å²) in [6.45, 7) is 4.60. The number of aromatic nitrogens is 3. The topological polar surface area (TPSA) is 85.2 Å². The second-order valence-corrected chi connectivity index (χ2v) is 9.35. The van der Waals surface area contributed by atoms with E-state index in [1.165, 1.54) is 11.2 Å². The number of sulfone groups is 1. The summed E-state index contributed by atoms with van der Waals surface area (Å²) >= 11 is 0. The van der Waals surface area contributed by atoms with Crippen LogP contribution >= 0.6 is 0 Å². The number of carbonyl (C=O) groups excluding carboxylic acids is 1. The van der Waals surface area contributed by atoms with Crippen LogP contribution in [0, 0.1) is 17.8 Å². The zero-order valence-electron chi connectivity index (χ0n) is 13.8. The van der Waals surface area contributed by atoms with E-state index in [1.54, 1.807) is 7.05 Å². The number of amides is 1. The largest absolute Gasteiger partial charge is 0.345 e. The quantitative estimate of drug-likeness (QED) is 0.834. The molecule has 1 amide bonds. The molecule has 0 radical (unpaired) electrons. The van der Waals surface area contributed by atoms with Crippen LogP contribution in [0.2, 0.25) is 0 Å². The third kappa shape index (κ3) is 3.00. The van der Waals surface area contributed by atoms with Gasteiger partial charge in [0, 0.05) is 13.6 Å². The fraction of sp³-hybridized carbons (Fsp3) is 0.800. The van der Waals surface area contributed by atoms with Crippen LogP contribution in [-0.2, 0) is 9.84 Å². The molecule has 2 aliphatic rings. The van der Waals surface area contributed by atoms with E-state index in [2.05, 4.69) is 10.1 Å². The Kier molecular flexibility index (Phi) is 4.20. The van der Waals surface area contributed by atoms with Crippen molar-refractivity contribution in [3.05, 3.63) is 6.33 Å². The van der Waals surface area contributed by atoms with Crippen LogP contribution in [0.15, 0.2) is 11.5 Å². The smallest absolute Gasteiger partial charge is 0.326 e. The number of rotatable bonds is 4. The highest BCUT2D eigenvalue weighted by Crippen LogP contribution is 2.48. The molecule has 2 bridgehead atoms. The summed E-state index contributed by atoms with van der Waals surface area (Å²) in [5.74, 6) is 1.08. The minimum atomic E-state index is -3.54. The molecular weight excluding hydrogens is 316 g/mol. The van der Waals surface area contributed by atoms with Crippen molar-refractivity contribution < 1.29 is 13.2 Å². The van der Waals surface area contributed by atoms with Gasteiger partial charge in [-0.1, -0.05) is 20.3 Å². The van der Waals surface area contributed by atoms with Crippen molar-refractivity contribution in [2.45, 2.75) is 49.9 Å². The molecule has 0 aromatic carbocycles. The first kappa shape index (κ1) is 16.4. The maximum absolute atomic E-state index is 12.7. The average Bonchev–Trinajstić information content (AvgIpc) is 3.21. The van der Waals surface area contributed by atoms with E-state index in [1.807, 2.05) is 13.8 Å². The van der Waals surface area contributed by atoms with E-state index in [0.717, 1.165) is 23.9 Å². The molecule has 0 spiro atoms. The Balaban J connectivity index is 1.77. The van der Waals surface area contributed by atoms with Gasteiger partial charge in [-0.25, -0.2) is 18.2 Å². The number of hydrogen-bond donors (Lipinski definition) is 0. The first-order chi connectivity index (χ1) is 10.8. The minimum absolute atomic E-state index is 0.207. The molecule has 2 saturated carbocycles. The molecule has 3 atom stereocenters. The second kappa shape index (κ2) is 5.89. The highest BCUT2D eigenvalue weighted by atomic mass is 32.2. The summed E-state index contributed by atoms with van der Waals surface area (Å²) in [4.78, 5) is 17.7. The molecule has 7 nitrogen and oxygen atoms in total. The SMILES string of the molecule is CC(C)CN(C)C(=O)n1cnc(S(=O)(=O)[C@@H]2C[C@@H]3CC[C@H]2C3)n1. The summed E-state index contributed by atoms with van der Waals surface area (Å²) in [5, 5.41) is 3.38. The van der Waals surface area contributed by atoms with Crippen molar-refractivity contribution in [1.29, 1.82) is 0 Å². The van der Waals surface area contributed by atoms with Crippen LogP contribution in [0.1, 0.15) is 39.5 Å². The Morgan fingerprint density at radius 1 is 1.39 bits per heavy atom. The van der Waals surface area contributed by atoms with Gasteiger partial charge in [0.25, 0.3) is 5.16 Å². The maximum Gasteiger partial charge on any atom is 0.345 e. The number of fused-ring (bicyclic) bond motifs is 2. The van der Waals surface area contributed by atoms with Gasteiger partial charge in [0.1, 0.15) is 6.33 Å². The molecule has 1 heterocycles. The lowest BCUT2D eigenvalue weighted by molar-refractivity contribution is 0.201. The van der Waals surface area contributed by atoms with Gasteiger partial charge >= 0.3 is 6.03 Å². The minimum Gasteiger partial charge on any atom is -0.326 e. The van der Waals surface area contributed by atoms with E-state index in [0.29, 0.717) is 24.8 Å². The van der Waals surface area contributed by atoms with Crippen LogP contribution in [0.3, 0.4) is 0 Å². The zero-order chi connectivity index (χ0) is 16.8. The molecule has 0 saturated heterocycles. The van der Waals surface area contributed by atoms with Crippen LogP contribution in [0.4, 0.5) is 4.79 Å². The van der Waals surface area contributed by atoms with Crippen molar-refractivity contribution in [3.63, 3.8) is 0 Å². The highest BCUT2D eigenvalue weighted by Gasteiger charge is 2.47. The summed E-state index contributed by atoms with van der Waals surface area (Å²) < 4.78 is 26.5. The number of nitrogens with zero attached hydrogens (tertiary/aromatic N) is 4. The van der Waals surface area contributed by atoms with Gasteiger partial charge in [0.15, 0.2) is 0 Å². The highest BCUT2D eigenvalue weighted by molar-refractivity contribution is 7.91. The molecule has 0 aliphatic heterocycles. The molecule has 128 valence electrons. The Hall–Kier alpha value is -1.44. The molecule has 1 aromatic rings. The summed E-state index contributed by atoms with van der Waals surface area (Å²) in [6, 6.07) is -0.361. The molecular formula is C15H24N4O3S. The fourth-order valence-electron chi connectivity index (χ4n) is 3.97. The first-order valence-electron chi connectivity index (χ1n) is 8.20. The van der Waals surface area contributed by atoms with Crippen molar-refractivity contribution in [3.8, 4) is 0 Å². The van der Waals surface area contributed by atoms with Crippen LogP contribution in [-0.4, -0.2) is 53.0 Å². The van der Waals surface area contributed by atoms with Crippen LogP contribution in [0.25, 0.3) is 0 Å². The van der Waals surface area contributed by atoms with Crippen molar-refractivity contribution >= 4 is 15.9 Å². The Morgan fingerprint density at radius 3 is 2.70 bits per heavy atom. The fourth-order valence-corrected chi connectivity index (χ4v) is 5.92. The lowest BCUT2D eigenvalue weighted by atomic mass is 10.0. The molecule has 2 aliphatic carbocycles. The number of hydrogen-bond acceptors (Lipinski definition) is 5. The van der Waals surface area contributed by atoms with Gasteiger partial charge in [0.05, 0.1) is 5.25 Å². The summed E-state index contributed by atoms with van der Waals surface area (Å²) in [5.41, 5.74) is 0. The third-order valence-corrected chi connectivity index (χ3v) is 7.03. The van der Waals surface area contributed by atoms with E-state index >= 15 is 0 Å². The average molecular weight is 340 g/mol. The van der Waals surface area contributed by atoms with Crippen LogP contribution in [0.5, 0.6) is 0 Å². The van der Waals surface area contributed by atoms with Gasteiger partial charge in [-0.05, 0) is 37.0 Å². The third-order valence-electron chi connectivity index (χ3n) is 4.96. The van der Waals surface area contributed by atoms with Crippen molar-refractivity contribution in [2.24, 2.45) is 17.8 Å². The molecule has 1 aromatic heterocycles. The van der Waals surface area contributed by atoms with E-state index in [9.17, 15) is 13.2 Å². The molecule has 2 fully saturated rings. The van der Waals surface area contributed by atoms with Crippen LogP contribution < -0.4 is 0 Å². The monoisotopic (exact) mass is 340 g/mol. The van der Waals surface area contributed by atoms with Gasteiger partial charge in [-0.3, -0.25) is 0 Å². The van der Waals surface area contributed by atoms with E-state index < -0.39 is 9.84 Å². The zero-order valence-corrected chi connectivity index (χ0v) is 14.7. The van der Waals surface area contributed by atoms with Gasteiger partial charge in [-0.2, -0.15) is 4.68 Å². The standard InChI is InChI=1S/C15H24N4O3S/c1-10(2)8-18(3)15(20)19-9-16-14(17-19)23(21,22)13-7-11-4-5-12(13)6-11/h9-13H,4-8H2,1-3H3/t11-,12+,13-/m1/s1. The predicted octanol–water partition coefficient (Wildman–Crippen LogP) is 1.80. The second-order valence-electron chi connectivity index (χ2n) is 7.29. The summed E-state index contributed by atoms with van der Waals surface area (Å²) in [7, 11) is -1.87. The molecule has 23 heavy (non-hydrogen) atoms. The first-order valence-corrected chi connectivity index (χ1v) is 9.74. The lowest BCUT2D eigenvalue weighted by Crippen LogP contribution is -2.34. The van der Waals surface area contributed by atoms with E-state index in [4.69, 9.17) is 0 Å².